The van der Waals surface area contributed by atoms with Crippen molar-refractivity contribution in [3.63, 3.8) is 0 Å². The van der Waals surface area contributed by atoms with Crippen molar-refractivity contribution in [2.75, 3.05) is 14.2 Å². The first-order chi connectivity index (χ1) is 10.1. The van der Waals surface area contributed by atoms with Crippen molar-refractivity contribution in [1.29, 1.82) is 0 Å². The van der Waals surface area contributed by atoms with Crippen LogP contribution in [0.4, 0.5) is 8.78 Å². The monoisotopic (exact) mass is 292 g/mol. The van der Waals surface area contributed by atoms with Crippen LogP contribution in [0, 0.1) is 11.6 Å². The molecule has 5 heteroatoms. The van der Waals surface area contributed by atoms with Crippen molar-refractivity contribution in [2.45, 2.75) is 6.42 Å². The van der Waals surface area contributed by atoms with Gasteiger partial charge in [-0.3, -0.25) is 4.79 Å². The minimum Gasteiger partial charge on any atom is -0.493 e. The van der Waals surface area contributed by atoms with Gasteiger partial charge in [-0.05, 0) is 17.7 Å². The molecule has 0 aliphatic rings. The number of benzene rings is 2. The van der Waals surface area contributed by atoms with Crippen LogP contribution in [0.3, 0.4) is 0 Å². The number of methoxy groups -OCH3 is 2. The van der Waals surface area contributed by atoms with Crippen molar-refractivity contribution in [3.05, 3.63) is 59.2 Å². The summed E-state index contributed by atoms with van der Waals surface area (Å²) in [5.41, 5.74) is 0.0626. The zero-order chi connectivity index (χ0) is 15.4. The molecule has 110 valence electrons. The highest BCUT2D eigenvalue weighted by atomic mass is 19.1. The van der Waals surface area contributed by atoms with Crippen LogP contribution in [0.5, 0.6) is 11.5 Å². The highest BCUT2D eigenvalue weighted by molar-refractivity contribution is 5.98. The Kier molecular flexibility index (Phi) is 4.52. The summed E-state index contributed by atoms with van der Waals surface area (Å²) in [4.78, 5) is 12.2. The van der Waals surface area contributed by atoms with Crippen LogP contribution >= 0.6 is 0 Å². The van der Waals surface area contributed by atoms with Crippen molar-refractivity contribution >= 4 is 5.78 Å². The average Bonchev–Trinajstić information content (AvgIpc) is 2.49. The lowest BCUT2D eigenvalue weighted by Gasteiger charge is -2.10. The van der Waals surface area contributed by atoms with E-state index in [4.69, 9.17) is 9.47 Å². The molecule has 2 rings (SSSR count). The van der Waals surface area contributed by atoms with Gasteiger partial charge in [0.15, 0.2) is 17.3 Å². The van der Waals surface area contributed by atoms with Gasteiger partial charge in [-0.2, -0.15) is 0 Å². The Bertz CT molecular complexity index is 669. The highest BCUT2D eigenvalue weighted by Gasteiger charge is 2.18. The number of hydrogen-bond donors (Lipinski definition) is 0. The second-order valence-corrected chi connectivity index (χ2v) is 4.38. The molecule has 2 aromatic rings. The standard InChI is InChI=1S/C16H14F2O3/c1-20-15-8-11(13(18)9-16(15)21-2)14(19)7-10-5-3-4-6-12(10)17/h3-6,8-9H,7H2,1-2H3. The van der Waals surface area contributed by atoms with E-state index in [9.17, 15) is 13.6 Å². The molecule has 0 heterocycles. The molecule has 0 atom stereocenters. The summed E-state index contributed by atoms with van der Waals surface area (Å²) in [5.74, 6) is -1.31. The van der Waals surface area contributed by atoms with Crippen molar-refractivity contribution in [2.24, 2.45) is 0 Å². The molecule has 0 aromatic heterocycles. The van der Waals surface area contributed by atoms with Crippen LogP contribution in [-0.4, -0.2) is 20.0 Å². The number of carbonyl (C=O) groups is 1. The predicted octanol–water partition coefficient (Wildman–Crippen LogP) is 3.41. The fourth-order valence-electron chi connectivity index (χ4n) is 1.98. The van der Waals surface area contributed by atoms with E-state index < -0.39 is 17.4 Å². The maximum Gasteiger partial charge on any atom is 0.170 e. The summed E-state index contributed by atoms with van der Waals surface area (Å²) >= 11 is 0. The average molecular weight is 292 g/mol. The molecule has 0 saturated heterocycles. The van der Waals surface area contributed by atoms with Crippen LogP contribution in [0.25, 0.3) is 0 Å². The number of halogens is 2. The molecule has 0 saturated carbocycles. The zero-order valence-electron chi connectivity index (χ0n) is 11.7. The van der Waals surface area contributed by atoms with E-state index in [1.54, 1.807) is 6.07 Å². The van der Waals surface area contributed by atoms with Gasteiger partial charge in [0.05, 0.1) is 19.8 Å². The van der Waals surface area contributed by atoms with Gasteiger partial charge in [0.1, 0.15) is 11.6 Å². The van der Waals surface area contributed by atoms with Crippen molar-refractivity contribution in [1.82, 2.24) is 0 Å². The summed E-state index contributed by atoms with van der Waals surface area (Å²) in [5, 5.41) is 0. The van der Waals surface area contributed by atoms with E-state index in [2.05, 4.69) is 0 Å². The molecule has 0 fully saturated rings. The molecule has 0 unspecified atom stereocenters. The Morgan fingerprint density at radius 1 is 1.00 bits per heavy atom. The van der Waals surface area contributed by atoms with Gasteiger partial charge in [-0.15, -0.1) is 0 Å². The molecule has 0 bridgehead atoms. The van der Waals surface area contributed by atoms with Gasteiger partial charge >= 0.3 is 0 Å². The lowest BCUT2D eigenvalue weighted by molar-refractivity contribution is 0.0987. The molecule has 21 heavy (non-hydrogen) atoms. The van der Waals surface area contributed by atoms with Gasteiger partial charge in [-0.1, -0.05) is 18.2 Å². The number of Topliss-reactive ketones (excluding diaryl/α,β-unsaturated/α-hetero) is 1. The molecule has 0 radical (unpaired) electrons. The zero-order valence-corrected chi connectivity index (χ0v) is 11.7. The molecular weight excluding hydrogens is 278 g/mol. The first-order valence-corrected chi connectivity index (χ1v) is 6.25. The fraction of sp³-hybridized carbons (Fsp3) is 0.188. The van der Waals surface area contributed by atoms with Crippen molar-refractivity contribution in [3.8, 4) is 11.5 Å². The second kappa shape index (κ2) is 6.35. The van der Waals surface area contributed by atoms with E-state index >= 15 is 0 Å². The quantitative estimate of drug-likeness (QED) is 0.792. The highest BCUT2D eigenvalue weighted by Crippen LogP contribution is 2.30. The van der Waals surface area contributed by atoms with Gasteiger partial charge in [-0.25, -0.2) is 8.78 Å². The van der Waals surface area contributed by atoms with Gasteiger partial charge in [0, 0.05) is 12.5 Å². The van der Waals surface area contributed by atoms with Crippen LogP contribution in [-0.2, 0) is 6.42 Å². The first kappa shape index (κ1) is 15.0. The number of rotatable bonds is 5. The predicted molar refractivity (Wildman–Crippen MR) is 73.9 cm³/mol. The third kappa shape index (κ3) is 3.18. The van der Waals surface area contributed by atoms with E-state index in [1.165, 1.54) is 38.5 Å². The van der Waals surface area contributed by atoms with Crippen molar-refractivity contribution < 1.29 is 23.0 Å². The van der Waals surface area contributed by atoms with E-state index in [0.717, 1.165) is 6.07 Å². The molecule has 2 aromatic carbocycles. The third-order valence-electron chi connectivity index (χ3n) is 3.08. The Hall–Kier alpha value is -2.43. The summed E-state index contributed by atoms with van der Waals surface area (Å²) < 4.78 is 37.5. The Balaban J connectivity index is 2.33. The molecule has 0 N–H and O–H groups in total. The lowest BCUT2D eigenvalue weighted by atomic mass is 10.0. The number of carbonyl (C=O) groups excluding carboxylic acids is 1. The molecular formula is C16H14F2O3. The molecule has 3 nitrogen and oxygen atoms in total. The minimum atomic E-state index is -0.728. The maximum atomic E-state index is 14.0. The third-order valence-corrected chi connectivity index (χ3v) is 3.08. The summed E-state index contributed by atoms with van der Waals surface area (Å²) in [6, 6.07) is 8.24. The van der Waals surface area contributed by atoms with E-state index in [-0.39, 0.29) is 29.0 Å². The number of ketones is 1. The Morgan fingerprint density at radius 3 is 2.24 bits per heavy atom. The Morgan fingerprint density at radius 2 is 1.62 bits per heavy atom. The Labute approximate surface area is 121 Å². The van der Waals surface area contributed by atoms with Gasteiger partial charge in [0.2, 0.25) is 0 Å². The van der Waals surface area contributed by atoms with Gasteiger partial charge in [0.25, 0.3) is 0 Å². The molecule has 0 amide bonds. The fourth-order valence-corrected chi connectivity index (χ4v) is 1.98. The second-order valence-electron chi connectivity index (χ2n) is 4.38. The van der Waals surface area contributed by atoms with Crippen LogP contribution in [0.1, 0.15) is 15.9 Å². The van der Waals surface area contributed by atoms with Crippen LogP contribution in [0.2, 0.25) is 0 Å². The topological polar surface area (TPSA) is 35.5 Å². The van der Waals surface area contributed by atoms with Crippen LogP contribution in [0.15, 0.2) is 36.4 Å². The number of hydrogen-bond acceptors (Lipinski definition) is 3. The first-order valence-electron chi connectivity index (χ1n) is 6.25. The molecule has 0 aliphatic carbocycles. The van der Waals surface area contributed by atoms with E-state index in [1.807, 2.05) is 0 Å². The normalized spacial score (nSPS) is 10.3. The molecule has 0 aliphatic heterocycles. The lowest BCUT2D eigenvalue weighted by Crippen LogP contribution is -2.08. The number of ether oxygens (including phenoxy) is 2. The maximum absolute atomic E-state index is 14.0. The summed E-state index contributed by atoms with van der Waals surface area (Å²) in [7, 11) is 2.76. The smallest absolute Gasteiger partial charge is 0.170 e. The molecule has 0 spiro atoms. The van der Waals surface area contributed by atoms with Gasteiger partial charge < -0.3 is 9.47 Å². The minimum absolute atomic E-state index is 0.157. The van der Waals surface area contributed by atoms with Crippen LogP contribution < -0.4 is 9.47 Å². The largest absolute Gasteiger partial charge is 0.493 e. The SMILES string of the molecule is COc1cc(F)c(C(=O)Cc2ccccc2F)cc1OC. The summed E-state index contributed by atoms with van der Waals surface area (Å²) in [6.07, 6.45) is -0.223. The van der Waals surface area contributed by atoms with E-state index in [0.29, 0.717) is 0 Å². The summed E-state index contributed by atoms with van der Waals surface area (Å²) in [6.45, 7) is 0.